The van der Waals surface area contributed by atoms with E-state index >= 15 is 0 Å². The van der Waals surface area contributed by atoms with E-state index in [1.165, 1.54) is 6.92 Å². The van der Waals surface area contributed by atoms with Gasteiger partial charge in [0.2, 0.25) is 5.91 Å². The number of rotatable bonds is 5. The molecule has 2 rings (SSSR count). The Kier molecular flexibility index (Phi) is 4.23. The molecule has 1 N–H and O–H groups in total. The normalized spacial score (nSPS) is 10.2. The van der Waals surface area contributed by atoms with Crippen molar-refractivity contribution in [2.45, 2.75) is 13.5 Å². The topological polar surface area (TPSA) is 43.3 Å². The monoisotopic (exact) mass is 258 g/mol. The highest BCUT2D eigenvalue weighted by atomic mass is 16.5. The molecule has 0 saturated heterocycles. The molecule has 1 heterocycles. The number of hydrogen-bond donors (Lipinski definition) is 1. The molecule has 0 aliphatic heterocycles. The van der Waals surface area contributed by atoms with Gasteiger partial charge in [0.25, 0.3) is 0 Å². The van der Waals surface area contributed by atoms with Crippen molar-refractivity contribution < 1.29 is 9.53 Å². The van der Waals surface area contributed by atoms with E-state index in [-0.39, 0.29) is 5.91 Å². The van der Waals surface area contributed by atoms with E-state index in [1.54, 1.807) is 7.11 Å². The van der Waals surface area contributed by atoms with Gasteiger partial charge in [-0.05, 0) is 42.0 Å². The molecule has 0 aliphatic rings. The number of hydrogen-bond acceptors (Lipinski definition) is 2. The van der Waals surface area contributed by atoms with Gasteiger partial charge < -0.3 is 14.6 Å². The minimum Gasteiger partial charge on any atom is -0.497 e. The smallest absolute Gasteiger partial charge is 0.216 e. The number of aromatic nitrogens is 1. The fourth-order valence-corrected chi connectivity index (χ4v) is 1.99. The van der Waals surface area contributed by atoms with Crippen LogP contribution in [0.1, 0.15) is 6.92 Å². The molecule has 100 valence electrons. The lowest BCUT2D eigenvalue weighted by Gasteiger charge is -2.10. The van der Waals surface area contributed by atoms with Gasteiger partial charge in [0, 0.05) is 31.9 Å². The number of amides is 1. The number of carbonyl (C=O) groups excluding carboxylic acids is 1. The first kappa shape index (κ1) is 13.2. The largest absolute Gasteiger partial charge is 0.497 e. The van der Waals surface area contributed by atoms with Gasteiger partial charge in [-0.3, -0.25) is 4.79 Å². The summed E-state index contributed by atoms with van der Waals surface area (Å²) >= 11 is 0. The molecule has 1 aromatic heterocycles. The zero-order valence-electron chi connectivity index (χ0n) is 11.2. The van der Waals surface area contributed by atoms with Crippen LogP contribution in [0.3, 0.4) is 0 Å². The molecule has 19 heavy (non-hydrogen) atoms. The van der Waals surface area contributed by atoms with E-state index in [0.717, 1.165) is 23.6 Å². The van der Waals surface area contributed by atoms with Crippen LogP contribution in [0.15, 0.2) is 42.6 Å². The van der Waals surface area contributed by atoms with Crippen LogP contribution in [0, 0.1) is 0 Å². The number of nitrogens with one attached hydrogen (secondary N) is 1. The Bertz CT molecular complexity index is 544. The predicted octanol–water partition coefficient (Wildman–Crippen LogP) is 2.30. The summed E-state index contributed by atoms with van der Waals surface area (Å²) in [4.78, 5) is 10.9. The van der Waals surface area contributed by atoms with Crippen LogP contribution in [0.2, 0.25) is 0 Å². The zero-order valence-corrected chi connectivity index (χ0v) is 11.2. The second-order valence-electron chi connectivity index (χ2n) is 4.30. The van der Waals surface area contributed by atoms with Crippen LogP contribution in [0.5, 0.6) is 5.75 Å². The summed E-state index contributed by atoms with van der Waals surface area (Å²) in [6, 6.07) is 12.0. The Morgan fingerprint density at radius 3 is 2.63 bits per heavy atom. The number of benzene rings is 1. The Labute approximate surface area is 113 Å². The highest BCUT2D eigenvalue weighted by Crippen LogP contribution is 2.22. The average Bonchev–Trinajstić information content (AvgIpc) is 2.87. The maximum atomic E-state index is 10.9. The van der Waals surface area contributed by atoms with Gasteiger partial charge in [0.05, 0.1) is 7.11 Å². The highest BCUT2D eigenvalue weighted by Gasteiger charge is 2.04. The Hall–Kier alpha value is -2.23. The number of ether oxygens (including phenoxy) is 1. The molecule has 0 spiro atoms. The first-order valence-corrected chi connectivity index (χ1v) is 6.24. The number of nitrogens with zero attached hydrogens (tertiary/aromatic N) is 1. The summed E-state index contributed by atoms with van der Waals surface area (Å²) < 4.78 is 7.28. The molecule has 2 aromatic rings. The van der Waals surface area contributed by atoms with Gasteiger partial charge in [-0.15, -0.1) is 0 Å². The fourth-order valence-electron chi connectivity index (χ4n) is 1.99. The molecule has 0 radical (unpaired) electrons. The molecule has 4 heteroatoms. The second-order valence-corrected chi connectivity index (χ2v) is 4.30. The third-order valence-corrected chi connectivity index (χ3v) is 2.94. The third kappa shape index (κ3) is 3.37. The first-order valence-electron chi connectivity index (χ1n) is 6.24. The Morgan fingerprint density at radius 1 is 1.26 bits per heavy atom. The molecule has 0 atom stereocenters. The molecule has 0 aliphatic carbocycles. The molecule has 0 fully saturated rings. The van der Waals surface area contributed by atoms with Gasteiger partial charge in [-0.2, -0.15) is 0 Å². The number of carbonyl (C=O) groups is 1. The van der Waals surface area contributed by atoms with E-state index < -0.39 is 0 Å². The summed E-state index contributed by atoms with van der Waals surface area (Å²) in [7, 11) is 1.66. The summed E-state index contributed by atoms with van der Waals surface area (Å²) in [5.74, 6) is 0.846. The van der Waals surface area contributed by atoms with Crippen molar-refractivity contribution in [2.24, 2.45) is 0 Å². The summed E-state index contributed by atoms with van der Waals surface area (Å²) in [6.07, 6.45) is 2.02. The Balaban J connectivity index is 2.11. The molecule has 0 bridgehead atoms. The second kappa shape index (κ2) is 6.09. The molecule has 4 nitrogen and oxygen atoms in total. The van der Waals surface area contributed by atoms with Crippen LogP contribution in [0.25, 0.3) is 11.3 Å². The van der Waals surface area contributed by atoms with Gasteiger partial charge in [0.15, 0.2) is 0 Å². The van der Waals surface area contributed by atoms with Crippen LogP contribution >= 0.6 is 0 Å². The molecule has 0 saturated carbocycles. The SMILES string of the molecule is COc1ccc(-c2cccn2CCNC(C)=O)cc1. The lowest BCUT2D eigenvalue weighted by molar-refractivity contribution is -0.118. The van der Waals surface area contributed by atoms with Crippen LogP contribution in [-0.2, 0) is 11.3 Å². The van der Waals surface area contributed by atoms with E-state index in [1.807, 2.05) is 36.5 Å². The van der Waals surface area contributed by atoms with Crippen LogP contribution in [-0.4, -0.2) is 24.1 Å². The van der Waals surface area contributed by atoms with E-state index in [2.05, 4.69) is 16.0 Å². The maximum Gasteiger partial charge on any atom is 0.216 e. The van der Waals surface area contributed by atoms with Crippen LogP contribution < -0.4 is 10.1 Å². The van der Waals surface area contributed by atoms with Crippen molar-refractivity contribution in [3.05, 3.63) is 42.6 Å². The Morgan fingerprint density at radius 2 is 2.00 bits per heavy atom. The third-order valence-electron chi connectivity index (χ3n) is 2.94. The lowest BCUT2D eigenvalue weighted by Crippen LogP contribution is -2.24. The first-order chi connectivity index (χ1) is 9.20. The van der Waals surface area contributed by atoms with Crippen molar-refractivity contribution in [1.29, 1.82) is 0 Å². The molecule has 0 unspecified atom stereocenters. The van der Waals surface area contributed by atoms with Crippen molar-refractivity contribution in [3.8, 4) is 17.0 Å². The standard InChI is InChI=1S/C15H18N2O2/c1-12(18)16-9-11-17-10-3-4-15(17)13-5-7-14(19-2)8-6-13/h3-8,10H,9,11H2,1-2H3,(H,16,18). The molecular weight excluding hydrogens is 240 g/mol. The van der Waals surface area contributed by atoms with Gasteiger partial charge in [-0.1, -0.05) is 0 Å². The number of methoxy groups -OCH3 is 1. The quantitative estimate of drug-likeness (QED) is 0.894. The van der Waals surface area contributed by atoms with E-state index in [9.17, 15) is 4.79 Å². The van der Waals surface area contributed by atoms with Gasteiger partial charge >= 0.3 is 0 Å². The summed E-state index contributed by atoms with van der Waals surface area (Å²) in [6.45, 7) is 2.92. The molecule has 1 aromatic carbocycles. The predicted molar refractivity (Wildman–Crippen MR) is 75.1 cm³/mol. The van der Waals surface area contributed by atoms with E-state index in [4.69, 9.17) is 4.74 Å². The van der Waals surface area contributed by atoms with Crippen molar-refractivity contribution >= 4 is 5.91 Å². The zero-order chi connectivity index (χ0) is 13.7. The van der Waals surface area contributed by atoms with Crippen molar-refractivity contribution in [1.82, 2.24) is 9.88 Å². The summed E-state index contributed by atoms with van der Waals surface area (Å²) in [5, 5.41) is 2.80. The minimum atomic E-state index is -0.00171. The average molecular weight is 258 g/mol. The van der Waals surface area contributed by atoms with Crippen molar-refractivity contribution in [2.75, 3.05) is 13.7 Å². The van der Waals surface area contributed by atoms with Crippen molar-refractivity contribution in [3.63, 3.8) is 0 Å². The molecular formula is C15H18N2O2. The highest BCUT2D eigenvalue weighted by molar-refractivity contribution is 5.72. The fraction of sp³-hybridized carbons (Fsp3) is 0.267. The minimum absolute atomic E-state index is 0.00171. The molecule has 1 amide bonds. The van der Waals surface area contributed by atoms with Gasteiger partial charge in [0.1, 0.15) is 5.75 Å². The van der Waals surface area contributed by atoms with Gasteiger partial charge in [-0.25, -0.2) is 0 Å². The maximum absolute atomic E-state index is 10.9. The lowest BCUT2D eigenvalue weighted by atomic mass is 10.1. The van der Waals surface area contributed by atoms with Crippen LogP contribution in [0.4, 0.5) is 0 Å². The summed E-state index contributed by atoms with van der Waals surface area (Å²) in [5.41, 5.74) is 2.27. The van der Waals surface area contributed by atoms with E-state index in [0.29, 0.717) is 6.54 Å².